The number of ether oxygens (including phenoxy) is 1. The van der Waals surface area contributed by atoms with Gasteiger partial charge in [0.25, 0.3) is 5.91 Å². The predicted octanol–water partition coefficient (Wildman–Crippen LogP) is 3.48. The van der Waals surface area contributed by atoms with Crippen molar-refractivity contribution >= 4 is 23.5 Å². The van der Waals surface area contributed by atoms with Crippen molar-refractivity contribution in [1.29, 1.82) is 0 Å². The van der Waals surface area contributed by atoms with Gasteiger partial charge in [0, 0.05) is 19.7 Å². The van der Waals surface area contributed by atoms with E-state index in [1.54, 1.807) is 13.0 Å². The van der Waals surface area contributed by atoms with Crippen molar-refractivity contribution in [3.8, 4) is 0 Å². The van der Waals surface area contributed by atoms with E-state index in [-0.39, 0.29) is 24.0 Å². The van der Waals surface area contributed by atoms with Gasteiger partial charge in [0.2, 0.25) is 11.8 Å². The second-order valence-electron chi connectivity index (χ2n) is 9.82. The Kier molecular flexibility index (Phi) is 10.4. The number of pyridine rings is 1. The molecule has 0 spiro atoms. The Bertz CT molecular complexity index is 1130. The maximum absolute atomic E-state index is 13.4. The van der Waals surface area contributed by atoms with Crippen LogP contribution in [-0.4, -0.2) is 59.0 Å². The van der Waals surface area contributed by atoms with Crippen LogP contribution in [0.4, 0.5) is 19.0 Å². The van der Waals surface area contributed by atoms with Crippen molar-refractivity contribution in [2.24, 2.45) is 11.8 Å². The third-order valence-electron chi connectivity index (χ3n) is 6.71. The molecule has 214 valence electrons. The van der Waals surface area contributed by atoms with Crippen molar-refractivity contribution in [3.63, 3.8) is 0 Å². The molecule has 11 nitrogen and oxygen atoms in total. The van der Waals surface area contributed by atoms with E-state index in [0.29, 0.717) is 17.2 Å². The zero-order valence-electron chi connectivity index (χ0n) is 22.0. The highest BCUT2D eigenvalue weighted by Crippen LogP contribution is 2.31. The zero-order valence-corrected chi connectivity index (χ0v) is 22.0. The van der Waals surface area contributed by atoms with E-state index in [1.165, 1.54) is 19.4 Å². The summed E-state index contributed by atoms with van der Waals surface area (Å²) in [4.78, 5) is 42.5. The number of hydrogen-bond donors (Lipinski definition) is 3. The molecule has 0 radical (unpaired) electrons. The molecular formula is C25H33F3N6O5. The van der Waals surface area contributed by atoms with E-state index >= 15 is 0 Å². The maximum atomic E-state index is 13.4. The highest BCUT2D eigenvalue weighted by atomic mass is 19.4. The second kappa shape index (κ2) is 13.5. The lowest BCUT2D eigenvalue weighted by atomic mass is 9.79. The molecule has 1 fully saturated rings. The minimum Gasteiger partial charge on any atom is -0.382 e. The maximum Gasteiger partial charge on any atom is 0.389 e. The summed E-state index contributed by atoms with van der Waals surface area (Å²) >= 11 is 0. The summed E-state index contributed by atoms with van der Waals surface area (Å²) in [7, 11) is 1.39. The van der Waals surface area contributed by atoms with E-state index in [2.05, 4.69) is 42.8 Å². The minimum absolute atomic E-state index is 0.0132. The first-order valence-electron chi connectivity index (χ1n) is 12.7. The third-order valence-corrected chi connectivity index (χ3v) is 6.71. The van der Waals surface area contributed by atoms with E-state index in [0.717, 1.165) is 25.7 Å². The number of methoxy groups -OCH3 is 1. The fourth-order valence-corrected chi connectivity index (χ4v) is 4.51. The first kappa shape index (κ1) is 30.0. The van der Waals surface area contributed by atoms with Gasteiger partial charge in [0.1, 0.15) is 17.6 Å². The highest BCUT2D eigenvalue weighted by molar-refractivity contribution is 6.00. The van der Waals surface area contributed by atoms with Gasteiger partial charge in [-0.05, 0) is 54.5 Å². The van der Waals surface area contributed by atoms with Crippen LogP contribution in [0.2, 0.25) is 0 Å². The third kappa shape index (κ3) is 9.01. The molecule has 2 atom stereocenters. The van der Waals surface area contributed by atoms with Crippen LogP contribution in [0.5, 0.6) is 0 Å². The van der Waals surface area contributed by atoms with Crippen LogP contribution in [0.15, 0.2) is 23.0 Å². The Balaban J connectivity index is 1.74. The van der Waals surface area contributed by atoms with Crippen LogP contribution in [0.3, 0.4) is 0 Å². The number of aromatic nitrogens is 3. The Labute approximate surface area is 223 Å². The lowest BCUT2D eigenvalue weighted by Gasteiger charge is -2.32. The summed E-state index contributed by atoms with van der Waals surface area (Å²) < 4.78 is 47.3. The van der Waals surface area contributed by atoms with Gasteiger partial charge in [-0.3, -0.25) is 14.4 Å². The number of nitrogens with one attached hydrogen (secondary N) is 3. The summed E-state index contributed by atoms with van der Waals surface area (Å²) in [6, 6.07) is 1.40. The Hall–Kier alpha value is -3.55. The van der Waals surface area contributed by atoms with Gasteiger partial charge in [-0.15, -0.1) is 0 Å². The normalized spacial score (nSPS) is 19.1. The van der Waals surface area contributed by atoms with Crippen LogP contribution in [0.1, 0.15) is 73.2 Å². The predicted molar refractivity (Wildman–Crippen MR) is 132 cm³/mol. The average molecular weight is 555 g/mol. The molecule has 14 heteroatoms. The van der Waals surface area contributed by atoms with Gasteiger partial charge in [-0.2, -0.15) is 13.2 Å². The monoisotopic (exact) mass is 554 g/mol. The van der Waals surface area contributed by atoms with Crippen molar-refractivity contribution < 1.29 is 36.9 Å². The number of anilines is 1. The summed E-state index contributed by atoms with van der Waals surface area (Å²) in [5, 5.41) is 15.2. The lowest BCUT2D eigenvalue weighted by molar-refractivity contribution is -0.144. The summed E-state index contributed by atoms with van der Waals surface area (Å²) in [5.41, 5.74) is 0.749. The summed E-state index contributed by atoms with van der Waals surface area (Å²) in [6.45, 7) is 3.69. The molecule has 3 amide bonds. The number of hydrogen-bond acceptors (Lipinski definition) is 8. The quantitative estimate of drug-likeness (QED) is 0.382. The summed E-state index contributed by atoms with van der Waals surface area (Å²) in [6.07, 6.45) is -1.72. The molecule has 2 aromatic heterocycles. The largest absolute Gasteiger partial charge is 0.389 e. The number of rotatable bonds is 11. The topological polar surface area (TPSA) is 148 Å². The average Bonchev–Trinajstić information content (AvgIpc) is 3.32. The van der Waals surface area contributed by atoms with Crippen molar-refractivity contribution in [1.82, 2.24) is 25.9 Å². The fourth-order valence-electron chi connectivity index (χ4n) is 4.51. The smallest absolute Gasteiger partial charge is 0.382 e. The zero-order chi connectivity index (χ0) is 28.6. The standard InChI is InChI=1S/C25H33F3N6O5/c1-14-4-6-16(7-5-14)22(32-23(36)21-15(2)33-39-34-21)24(37)31-19-12-17(9-11-29-19)18(13-38-3)30-20(35)8-10-25(26,27)28/h9,11-12,14,16,18,22H,4-8,10,13H2,1-3H3,(H,30,35)(H,32,36)(H,29,31,37)/t14?,16?,18?,22-/m0/s1. The van der Waals surface area contributed by atoms with Gasteiger partial charge in [-0.1, -0.05) is 24.9 Å². The van der Waals surface area contributed by atoms with E-state index < -0.39 is 48.8 Å². The van der Waals surface area contributed by atoms with Gasteiger partial charge in [0.05, 0.1) is 19.1 Å². The molecule has 1 unspecified atom stereocenters. The molecule has 39 heavy (non-hydrogen) atoms. The van der Waals surface area contributed by atoms with Crippen molar-refractivity contribution in [3.05, 3.63) is 35.3 Å². The van der Waals surface area contributed by atoms with Gasteiger partial charge in [-0.25, -0.2) is 9.61 Å². The Morgan fingerprint density at radius 1 is 1.15 bits per heavy atom. The molecule has 2 aromatic rings. The molecule has 0 saturated heterocycles. The van der Waals surface area contributed by atoms with Gasteiger partial charge < -0.3 is 20.7 Å². The van der Waals surface area contributed by atoms with Crippen LogP contribution in [0, 0.1) is 18.8 Å². The van der Waals surface area contributed by atoms with Crippen LogP contribution >= 0.6 is 0 Å². The Morgan fingerprint density at radius 2 is 1.87 bits per heavy atom. The number of halogens is 3. The molecule has 0 bridgehead atoms. The van der Waals surface area contributed by atoms with E-state index in [9.17, 15) is 27.6 Å². The number of carbonyl (C=O) groups is 3. The van der Waals surface area contributed by atoms with E-state index in [4.69, 9.17) is 4.74 Å². The number of amides is 3. The number of carbonyl (C=O) groups excluding carboxylic acids is 3. The van der Waals surface area contributed by atoms with Crippen LogP contribution < -0.4 is 16.0 Å². The van der Waals surface area contributed by atoms with Gasteiger partial charge >= 0.3 is 6.18 Å². The first-order valence-corrected chi connectivity index (χ1v) is 12.7. The number of nitrogens with zero attached hydrogens (tertiary/aromatic N) is 3. The molecule has 1 aliphatic carbocycles. The van der Waals surface area contributed by atoms with Crippen molar-refractivity contribution in [2.45, 2.75) is 70.6 Å². The SMILES string of the molecule is COCC(NC(=O)CCC(F)(F)F)c1ccnc(NC(=O)[C@@H](NC(=O)c2nonc2C)C2CCC(C)CC2)c1. The molecule has 2 heterocycles. The van der Waals surface area contributed by atoms with Crippen LogP contribution in [-0.2, 0) is 14.3 Å². The lowest BCUT2D eigenvalue weighted by Crippen LogP contribution is -2.49. The molecule has 3 rings (SSSR count). The van der Waals surface area contributed by atoms with Crippen molar-refractivity contribution in [2.75, 3.05) is 19.0 Å². The highest BCUT2D eigenvalue weighted by Gasteiger charge is 2.34. The molecule has 1 aliphatic rings. The van der Waals surface area contributed by atoms with Crippen LogP contribution in [0.25, 0.3) is 0 Å². The number of alkyl halides is 3. The fraction of sp³-hybridized carbons (Fsp3) is 0.600. The molecule has 0 aliphatic heterocycles. The first-order chi connectivity index (χ1) is 18.5. The summed E-state index contributed by atoms with van der Waals surface area (Å²) in [5.74, 6) is -1.32. The second-order valence-corrected chi connectivity index (χ2v) is 9.82. The molecule has 1 saturated carbocycles. The number of aryl methyl sites for hydroxylation is 1. The molecule has 0 aromatic carbocycles. The van der Waals surface area contributed by atoms with E-state index in [1.807, 2.05) is 0 Å². The van der Waals surface area contributed by atoms with Gasteiger partial charge in [0.15, 0.2) is 5.69 Å². The minimum atomic E-state index is -4.45. The molecular weight excluding hydrogens is 521 g/mol. The molecule has 3 N–H and O–H groups in total. The Morgan fingerprint density at radius 3 is 2.49 bits per heavy atom.